The molecule has 114 valence electrons. The molecule has 2 N–H and O–H groups in total. The Balaban J connectivity index is 1.85. The van der Waals surface area contributed by atoms with Crippen LogP contribution in [0.3, 0.4) is 0 Å². The van der Waals surface area contributed by atoms with Gasteiger partial charge in [-0.2, -0.15) is 5.10 Å². The van der Waals surface area contributed by atoms with Crippen molar-refractivity contribution in [3.8, 4) is 5.75 Å². The Morgan fingerprint density at radius 1 is 1.27 bits per heavy atom. The molecule has 2 rings (SSSR count). The summed E-state index contributed by atoms with van der Waals surface area (Å²) in [6, 6.07) is 14.9. The van der Waals surface area contributed by atoms with E-state index in [1.165, 1.54) is 0 Å². The van der Waals surface area contributed by atoms with E-state index in [0.29, 0.717) is 16.7 Å². The van der Waals surface area contributed by atoms with E-state index in [-0.39, 0.29) is 0 Å². The minimum atomic E-state index is 0.393. The van der Waals surface area contributed by atoms with Crippen molar-refractivity contribution in [2.24, 2.45) is 5.10 Å². The molecule has 0 bridgehead atoms. The van der Waals surface area contributed by atoms with Crippen LogP contribution >= 0.6 is 23.8 Å². The van der Waals surface area contributed by atoms with Crippen LogP contribution in [-0.4, -0.2) is 17.9 Å². The number of halogens is 1. The maximum absolute atomic E-state index is 5.90. The van der Waals surface area contributed by atoms with E-state index in [0.717, 1.165) is 17.0 Å². The number of rotatable bonds is 5. The highest BCUT2D eigenvalue weighted by molar-refractivity contribution is 7.80. The smallest absolute Gasteiger partial charge is 0.191 e. The lowest BCUT2D eigenvalue weighted by atomic mass is 10.2. The number of benzene rings is 2. The number of anilines is 1. The van der Waals surface area contributed by atoms with Gasteiger partial charge < -0.3 is 10.1 Å². The summed E-state index contributed by atoms with van der Waals surface area (Å²) in [5.41, 5.74) is 4.51. The second-order valence-electron chi connectivity index (χ2n) is 4.34. The van der Waals surface area contributed by atoms with Crippen LogP contribution < -0.4 is 15.5 Å². The fourth-order valence-electron chi connectivity index (χ4n) is 1.71. The molecule has 2 aromatic rings. The van der Waals surface area contributed by atoms with Gasteiger partial charge in [0.2, 0.25) is 0 Å². The van der Waals surface area contributed by atoms with Gasteiger partial charge in [0.15, 0.2) is 5.11 Å². The first-order chi connectivity index (χ1) is 10.7. The largest absolute Gasteiger partial charge is 0.494 e. The van der Waals surface area contributed by atoms with Gasteiger partial charge >= 0.3 is 0 Å². The van der Waals surface area contributed by atoms with E-state index >= 15 is 0 Å². The second-order valence-corrected chi connectivity index (χ2v) is 5.18. The molecular formula is C16H16ClN3OS. The Bertz CT molecular complexity index is 659. The summed E-state index contributed by atoms with van der Waals surface area (Å²) in [4.78, 5) is 0. The monoisotopic (exact) mass is 333 g/mol. The minimum Gasteiger partial charge on any atom is -0.494 e. The number of nitrogens with one attached hydrogen (secondary N) is 2. The molecule has 0 unspecified atom stereocenters. The molecule has 0 aliphatic heterocycles. The van der Waals surface area contributed by atoms with Gasteiger partial charge in [-0.3, -0.25) is 5.43 Å². The van der Waals surface area contributed by atoms with Crippen LogP contribution in [0.2, 0.25) is 5.02 Å². The second kappa shape index (κ2) is 8.36. The zero-order chi connectivity index (χ0) is 15.8. The first kappa shape index (κ1) is 16.3. The SMILES string of the molecule is CCOc1ccc(/C=N/NC(=S)Nc2cccc(Cl)c2)cc1. The molecule has 0 radical (unpaired) electrons. The summed E-state index contributed by atoms with van der Waals surface area (Å²) in [5, 5.41) is 8.12. The fourth-order valence-corrected chi connectivity index (χ4v) is 2.07. The maximum atomic E-state index is 5.90. The van der Waals surface area contributed by atoms with Crippen LogP contribution in [0.15, 0.2) is 53.6 Å². The van der Waals surface area contributed by atoms with Gasteiger partial charge in [0, 0.05) is 10.7 Å². The van der Waals surface area contributed by atoms with Gasteiger partial charge in [-0.25, -0.2) is 0 Å². The first-order valence-electron chi connectivity index (χ1n) is 6.76. The minimum absolute atomic E-state index is 0.393. The van der Waals surface area contributed by atoms with Crippen LogP contribution in [0.4, 0.5) is 5.69 Å². The zero-order valence-electron chi connectivity index (χ0n) is 12.0. The van der Waals surface area contributed by atoms with Crippen LogP contribution in [-0.2, 0) is 0 Å². The van der Waals surface area contributed by atoms with E-state index < -0.39 is 0 Å². The lowest BCUT2D eigenvalue weighted by molar-refractivity contribution is 0.340. The first-order valence-corrected chi connectivity index (χ1v) is 7.54. The third-order valence-corrected chi connectivity index (χ3v) is 3.08. The molecule has 4 nitrogen and oxygen atoms in total. The van der Waals surface area contributed by atoms with Gasteiger partial charge in [0.25, 0.3) is 0 Å². The highest BCUT2D eigenvalue weighted by atomic mass is 35.5. The lowest BCUT2D eigenvalue weighted by Gasteiger charge is -2.07. The van der Waals surface area contributed by atoms with E-state index in [4.69, 9.17) is 28.6 Å². The molecule has 0 saturated heterocycles. The molecule has 6 heteroatoms. The average molecular weight is 334 g/mol. The molecular weight excluding hydrogens is 318 g/mol. The van der Waals surface area contributed by atoms with E-state index in [9.17, 15) is 0 Å². The normalized spacial score (nSPS) is 10.5. The van der Waals surface area contributed by atoms with E-state index in [1.54, 1.807) is 18.3 Å². The highest BCUT2D eigenvalue weighted by Crippen LogP contribution is 2.14. The van der Waals surface area contributed by atoms with E-state index in [1.807, 2.05) is 43.3 Å². The third kappa shape index (κ3) is 5.35. The predicted molar refractivity (Wildman–Crippen MR) is 96.0 cm³/mol. The van der Waals surface area contributed by atoms with Crippen molar-refractivity contribution >= 4 is 40.8 Å². The Kier molecular flexibility index (Phi) is 6.18. The molecule has 0 aliphatic rings. The standard InChI is InChI=1S/C16H16ClN3OS/c1-2-21-15-8-6-12(7-9-15)11-18-20-16(22)19-14-5-3-4-13(17)10-14/h3-11H,2H2,1H3,(H2,19,20,22)/b18-11+. The molecule has 0 fully saturated rings. The number of thiocarbonyl (C=S) groups is 1. The van der Waals surface area contributed by atoms with Crippen molar-refractivity contribution < 1.29 is 4.74 Å². The van der Waals surface area contributed by atoms with Crippen molar-refractivity contribution in [3.63, 3.8) is 0 Å². The molecule has 0 amide bonds. The van der Waals surface area contributed by atoms with Gasteiger partial charge in [0.1, 0.15) is 5.75 Å². The summed E-state index contributed by atoms with van der Waals surface area (Å²) in [7, 11) is 0. The van der Waals surface area contributed by atoms with Gasteiger partial charge in [0.05, 0.1) is 12.8 Å². The van der Waals surface area contributed by atoms with Crippen molar-refractivity contribution in [2.75, 3.05) is 11.9 Å². The van der Waals surface area contributed by atoms with Crippen molar-refractivity contribution in [3.05, 3.63) is 59.1 Å². The lowest BCUT2D eigenvalue weighted by Crippen LogP contribution is -2.23. The van der Waals surface area contributed by atoms with Crippen molar-refractivity contribution in [1.29, 1.82) is 0 Å². The summed E-state index contributed by atoms with van der Waals surface area (Å²) in [6.07, 6.45) is 1.68. The Hall–Kier alpha value is -2.11. The summed E-state index contributed by atoms with van der Waals surface area (Å²) < 4.78 is 5.38. The highest BCUT2D eigenvalue weighted by Gasteiger charge is 1.97. The van der Waals surface area contributed by atoms with Gasteiger partial charge in [-0.05, 0) is 67.2 Å². The molecule has 0 heterocycles. The van der Waals surface area contributed by atoms with Gasteiger partial charge in [-0.15, -0.1) is 0 Å². The van der Waals surface area contributed by atoms with Gasteiger partial charge in [-0.1, -0.05) is 17.7 Å². The van der Waals surface area contributed by atoms with Crippen LogP contribution in [0.1, 0.15) is 12.5 Å². The third-order valence-electron chi connectivity index (χ3n) is 2.65. The van der Waals surface area contributed by atoms with Crippen LogP contribution in [0.5, 0.6) is 5.75 Å². The van der Waals surface area contributed by atoms with E-state index in [2.05, 4.69) is 15.8 Å². The van der Waals surface area contributed by atoms with Crippen LogP contribution in [0, 0.1) is 0 Å². The molecule has 22 heavy (non-hydrogen) atoms. The summed E-state index contributed by atoms with van der Waals surface area (Å²) in [6.45, 7) is 2.60. The fraction of sp³-hybridized carbons (Fsp3) is 0.125. The quantitative estimate of drug-likeness (QED) is 0.492. The number of hydrogen-bond donors (Lipinski definition) is 2. The number of hydrazone groups is 1. The summed E-state index contributed by atoms with van der Waals surface area (Å²) in [5.74, 6) is 0.839. The number of ether oxygens (including phenoxy) is 1. The molecule has 0 spiro atoms. The Labute approximate surface area is 140 Å². The molecule has 0 aliphatic carbocycles. The summed E-state index contributed by atoms with van der Waals surface area (Å²) >= 11 is 11.1. The zero-order valence-corrected chi connectivity index (χ0v) is 13.6. The van der Waals surface area contributed by atoms with Crippen molar-refractivity contribution in [2.45, 2.75) is 6.92 Å². The molecule has 0 aromatic heterocycles. The average Bonchev–Trinajstić information content (AvgIpc) is 2.49. The Morgan fingerprint density at radius 2 is 2.05 bits per heavy atom. The molecule has 2 aromatic carbocycles. The maximum Gasteiger partial charge on any atom is 0.191 e. The topological polar surface area (TPSA) is 45.6 Å². The van der Waals surface area contributed by atoms with Crippen LogP contribution in [0.25, 0.3) is 0 Å². The predicted octanol–water partition coefficient (Wildman–Crippen LogP) is 4.06. The number of hydrogen-bond acceptors (Lipinski definition) is 3. The molecule has 0 saturated carbocycles. The van der Waals surface area contributed by atoms with Crippen molar-refractivity contribution in [1.82, 2.24) is 5.43 Å². The Morgan fingerprint density at radius 3 is 2.73 bits per heavy atom. The molecule has 0 atom stereocenters. The number of nitrogens with zero attached hydrogens (tertiary/aromatic N) is 1.